The molecule has 0 atom stereocenters. The van der Waals surface area contributed by atoms with Crippen molar-refractivity contribution in [3.05, 3.63) is 28.4 Å². The molecule has 0 saturated heterocycles. The van der Waals surface area contributed by atoms with Gasteiger partial charge in [-0.2, -0.15) is 15.4 Å². The van der Waals surface area contributed by atoms with Crippen LogP contribution in [-0.2, 0) is 9.53 Å². The quantitative estimate of drug-likeness (QED) is 0.702. The second-order valence-electron chi connectivity index (χ2n) is 4.43. The van der Waals surface area contributed by atoms with E-state index >= 15 is 0 Å². The van der Waals surface area contributed by atoms with Gasteiger partial charge < -0.3 is 15.2 Å². The minimum absolute atomic E-state index is 0.0124. The van der Waals surface area contributed by atoms with Crippen LogP contribution in [0.4, 0.5) is 0 Å². The van der Waals surface area contributed by atoms with E-state index in [1.807, 2.05) is 0 Å². The molecule has 0 unspecified atom stereocenters. The monoisotopic (exact) mass is 382 g/mol. The van der Waals surface area contributed by atoms with Gasteiger partial charge in [0.2, 0.25) is 0 Å². The molecule has 2 aromatic rings. The van der Waals surface area contributed by atoms with Crippen LogP contribution in [0.1, 0.15) is 23.8 Å². The Labute approximate surface area is 140 Å². The standard InChI is InChI=1S/C14H15BrN4O4/c1-2-22-11(20)5-6-23-10-4-3-8(15)7-9(10)12-13(14(16)21)18-19-17-12/h3-4,7H,2,5-6H2,1H3,(H2,16,21)(H,17,18,19). The van der Waals surface area contributed by atoms with E-state index in [-0.39, 0.29) is 30.4 Å². The molecule has 0 aliphatic heterocycles. The van der Waals surface area contributed by atoms with Crippen molar-refractivity contribution in [1.29, 1.82) is 0 Å². The summed E-state index contributed by atoms with van der Waals surface area (Å²) < 4.78 is 11.2. The third-order valence-corrected chi connectivity index (χ3v) is 3.34. The number of aromatic nitrogens is 3. The van der Waals surface area contributed by atoms with Crippen molar-refractivity contribution in [3.8, 4) is 17.0 Å². The number of nitrogens with two attached hydrogens (primary N) is 1. The molecule has 1 aromatic heterocycles. The van der Waals surface area contributed by atoms with Crippen LogP contribution in [-0.4, -0.2) is 40.5 Å². The van der Waals surface area contributed by atoms with Crippen LogP contribution in [0.2, 0.25) is 0 Å². The van der Waals surface area contributed by atoms with Gasteiger partial charge in [-0.05, 0) is 25.1 Å². The summed E-state index contributed by atoms with van der Waals surface area (Å²) in [6, 6.07) is 5.20. The number of carbonyl (C=O) groups is 2. The maximum Gasteiger partial charge on any atom is 0.309 e. The number of rotatable bonds is 7. The Balaban J connectivity index is 2.22. The van der Waals surface area contributed by atoms with Crippen molar-refractivity contribution < 1.29 is 19.1 Å². The molecule has 23 heavy (non-hydrogen) atoms. The molecule has 0 aliphatic rings. The maximum absolute atomic E-state index is 11.4. The highest BCUT2D eigenvalue weighted by atomic mass is 79.9. The summed E-state index contributed by atoms with van der Waals surface area (Å²) >= 11 is 3.35. The highest BCUT2D eigenvalue weighted by Gasteiger charge is 2.19. The van der Waals surface area contributed by atoms with Gasteiger partial charge in [0.15, 0.2) is 5.69 Å². The molecular weight excluding hydrogens is 368 g/mol. The Morgan fingerprint density at radius 3 is 2.83 bits per heavy atom. The van der Waals surface area contributed by atoms with Crippen molar-refractivity contribution in [2.24, 2.45) is 5.73 Å². The van der Waals surface area contributed by atoms with Gasteiger partial charge in [-0.1, -0.05) is 15.9 Å². The zero-order chi connectivity index (χ0) is 16.8. The molecule has 2 rings (SSSR count). The number of esters is 1. The first-order valence-electron chi connectivity index (χ1n) is 6.81. The lowest BCUT2D eigenvalue weighted by atomic mass is 10.1. The SMILES string of the molecule is CCOC(=O)CCOc1ccc(Br)cc1-c1n[nH]nc1C(N)=O. The van der Waals surface area contributed by atoms with E-state index in [9.17, 15) is 9.59 Å². The highest BCUT2D eigenvalue weighted by molar-refractivity contribution is 9.10. The third-order valence-electron chi connectivity index (χ3n) is 2.85. The predicted molar refractivity (Wildman–Crippen MR) is 84.8 cm³/mol. The molecule has 9 heteroatoms. The Morgan fingerprint density at radius 2 is 2.13 bits per heavy atom. The number of ether oxygens (including phenoxy) is 2. The van der Waals surface area contributed by atoms with E-state index in [1.165, 1.54) is 0 Å². The van der Waals surface area contributed by atoms with Gasteiger partial charge in [-0.3, -0.25) is 9.59 Å². The average molecular weight is 383 g/mol. The lowest BCUT2D eigenvalue weighted by Crippen LogP contribution is -2.13. The Morgan fingerprint density at radius 1 is 1.35 bits per heavy atom. The number of carbonyl (C=O) groups excluding carboxylic acids is 2. The fraction of sp³-hybridized carbons (Fsp3) is 0.286. The minimum Gasteiger partial charge on any atom is -0.492 e. The lowest BCUT2D eigenvalue weighted by Gasteiger charge is -2.11. The van der Waals surface area contributed by atoms with E-state index in [1.54, 1.807) is 25.1 Å². The van der Waals surface area contributed by atoms with Gasteiger partial charge in [0.1, 0.15) is 11.4 Å². The van der Waals surface area contributed by atoms with Crippen molar-refractivity contribution >= 4 is 27.8 Å². The summed E-state index contributed by atoms with van der Waals surface area (Å²) in [5, 5.41) is 10.1. The van der Waals surface area contributed by atoms with E-state index in [2.05, 4.69) is 31.3 Å². The Hall–Kier alpha value is -2.42. The number of benzene rings is 1. The second kappa shape index (κ2) is 7.73. The molecule has 0 saturated carbocycles. The largest absolute Gasteiger partial charge is 0.492 e. The van der Waals surface area contributed by atoms with E-state index in [0.717, 1.165) is 4.47 Å². The fourth-order valence-electron chi connectivity index (χ4n) is 1.88. The summed E-state index contributed by atoms with van der Waals surface area (Å²) in [6.07, 6.45) is 0.116. The van der Waals surface area contributed by atoms with Crippen LogP contribution in [0, 0.1) is 0 Å². The predicted octanol–water partition coefficient (Wildman–Crippen LogP) is 1.67. The molecule has 0 spiro atoms. The summed E-state index contributed by atoms with van der Waals surface area (Å²) in [5.74, 6) is -0.592. The van der Waals surface area contributed by atoms with Gasteiger partial charge in [-0.15, -0.1) is 0 Å². The zero-order valence-electron chi connectivity index (χ0n) is 12.3. The Bertz CT molecular complexity index is 717. The summed E-state index contributed by atoms with van der Waals surface area (Å²) in [6.45, 7) is 2.20. The number of primary amides is 1. The number of halogens is 1. The van der Waals surface area contributed by atoms with Gasteiger partial charge in [0.05, 0.1) is 19.6 Å². The molecule has 1 heterocycles. The molecule has 8 nitrogen and oxygen atoms in total. The number of nitrogens with zero attached hydrogens (tertiary/aromatic N) is 2. The van der Waals surface area contributed by atoms with E-state index in [0.29, 0.717) is 17.9 Å². The molecule has 0 bridgehead atoms. The normalized spacial score (nSPS) is 10.3. The topological polar surface area (TPSA) is 120 Å². The van der Waals surface area contributed by atoms with Crippen LogP contribution in [0.15, 0.2) is 22.7 Å². The van der Waals surface area contributed by atoms with Gasteiger partial charge >= 0.3 is 5.97 Å². The fourth-order valence-corrected chi connectivity index (χ4v) is 2.24. The number of aromatic amines is 1. The molecule has 0 fully saturated rings. The first-order chi connectivity index (χ1) is 11.0. The zero-order valence-corrected chi connectivity index (χ0v) is 13.9. The number of nitrogens with one attached hydrogen (secondary N) is 1. The van der Waals surface area contributed by atoms with Crippen LogP contribution in [0.3, 0.4) is 0 Å². The van der Waals surface area contributed by atoms with Crippen molar-refractivity contribution in [2.45, 2.75) is 13.3 Å². The molecule has 122 valence electrons. The number of hydrogen-bond acceptors (Lipinski definition) is 6. The van der Waals surface area contributed by atoms with Crippen LogP contribution in [0.25, 0.3) is 11.3 Å². The lowest BCUT2D eigenvalue weighted by molar-refractivity contribution is -0.143. The van der Waals surface area contributed by atoms with Crippen molar-refractivity contribution in [2.75, 3.05) is 13.2 Å². The second-order valence-corrected chi connectivity index (χ2v) is 5.34. The van der Waals surface area contributed by atoms with Gasteiger partial charge in [-0.25, -0.2) is 0 Å². The molecule has 1 amide bonds. The molecule has 0 radical (unpaired) electrons. The maximum atomic E-state index is 11.4. The van der Waals surface area contributed by atoms with Gasteiger partial charge in [0, 0.05) is 10.0 Å². The average Bonchev–Trinajstić information content (AvgIpc) is 2.98. The van der Waals surface area contributed by atoms with Crippen molar-refractivity contribution in [3.63, 3.8) is 0 Å². The molecule has 0 aliphatic carbocycles. The summed E-state index contributed by atoms with van der Waals surface area (Å²) in [4.78, 5) is 22.8. The number of hydrogen-bond donors (Lipinski definition) is 2. The molecular formula is C14H15BrN4O4. The minimum atomic E-state index is -0.703. The summed E-state index contributed by atoms with van der Waals surface area (Å²) in [7, 11) is 0. The molecule has 1 aromatic carbocycles. The Kier molecular flexibility index (Phi) is 5.69. The van der Waals surface area contributed by atoms with E-state index in [4.69, 9.17) is 15.2 Å². The number of H-pyrrole nitrogens is 1. The first kappa shape index (κ1) is 16.9. The first-order valence-corrected chi connectivity index (χ1v) is 7.61. The van der Waals surface area contributed by atoms with E-state index < -0.39 is 5.91 Å². The third kappa shape index (κ3) is 4.28. The van der Waals surface area contributed by atoms with Crippen LogP contribution < -0.4 is 10.5 Å². The number of amides is 1. The van der Waals surface area contributed by atoms with Crippen LogP contribution >= 0.6 is 15.9 Å². The molecule has 3 N–H and O–H groups in total. The smallest absolute Gasteiger partial charge is 0.309 e. The summed E-state index contributed by atoms with van der Waals surface area (Å²) in [5.41, 5.74) is 6.11. The van der Waals surface area contributed by atoms with Crippen LogP contribution in [0.5, 0.6) is 5.75 Å². The highest BCUT2D eigenvalue weighted by Crippen LogP contribution is 2.33. The van der Waals surface area contributed by atoms with Crippen molar-refractivity contribution in [1.82, 2.24) is 15.4 Å². The van der Waals surface area contributed by atoms with Gasteiger partial charge in [0.25, 0.3) is 5.91 Å².